The molecule has 2 aromatic rings. The fraction of sp³-hybridized carbons (Fsp3) is 0.231. The highest BCUT2D eigenvalue weighted by Gasteiger charge is 2.35. The van der Waals surface area contributed by atoms with Crippen LogP contribution in [0.1, 0.15) is 40.7 Å². The third-order valence-corrected chi connectivity index (χ3v) is 3.03. The monoisotopic (exact) mass is 241 g/mol. The van der Waals surface area contributed by atoms with Crippen molar-refractivity contribution in [2.45, 2.75) is 19.9 Å². The highest BCUT2D eigenvalue weighted by Crippen LogP contribution is 2.32. The molecule has 5 nitrogen and oxygen atoms in total. The first kappa shape index (κ1) is 10.8. The van der Waals surface area contributed by atoms with Gasteiger partial charge in [0.1, 0.15) is 11.4 Å². The summed E-state index contributed by atoms with van der Waals surface area (Å²) in [4.78, 5) is 24.1. The number of carbonyl (C=O) groups excluding carboxylic acids is 2. The summed E-state index contributed by atoms with van der Waals surface area (Å²) < 4.78 is 1.51. The number of nitrogens with zero attached hydrogens (tertiary/aromatic N) is 3. The summed E-state index contributed by atoms with van der Waals surface area (Å²) in [6.45, 7) is 3.79. The molecule has 18 heavy (non-hydrogen) atoms. The molecule has 90 valence electrons. The van der Waals surface area contributed by atoms with Crippen molar-refractivity contribution in [2.24, 2.45) is 0 Å². The van der Waals surface area contributed by atoms with E-state index < -0.39 is 11.6 Å². The Morgan fingerprint density at radius 3 is 2.39 bits per heavy atom. The maximum atomic E-state index is 12.1. The molecule has 0 unspecified atom stereocenters. The molecule has 0 aliphatic heterocycles. The number of hydrogen-bond donors (Lipinski definition) is 0. The van der Waals surface area contributed by atoms with Gasteiger partial charge in [-0.3, -0.25) is 9.59 Å². The summed E-state index contributed by atoms with van der Waals surface area (Å²) in [5.74, 6) is -1.01. The third kappa shape index (κ3) is 1.27. The summed E-state index contributed by atoms with van der Waals surface area (Å²) in [5.41, 5.74) is 1.90. The van der Waals surface area contributed by atoms with Crippen LogP contribution in [0.25, 0.3) is 11.3 Å². The first-order chi connectivity index (χ1) is 8.61. The molecular weight excluding hydrogens is 230 g/mol. The molecule has 0 spiro atoms. The van der Waals surface area contributed by atoms with E-state index in [0.29, 0.717) is 22.5 Å². The van der Waals surface area contributed by atoms with E-state index in [0.717, 1.165) is 0 Å². The second kappa shape index (κ2) is 3.60. The third-order valence-electron chi connectivity index (χ3n) is 3.03. The average molecular weight is 241 g/mol. The van der Waals surface area contributed by atoms with Crippen LogP contribution in [0.5, 0.6) is 0 Å². The van der Waals surface area contributed by atoms with Gasteiger partial charge >= 0.3 is 0 Å². The Hall–Kier alpha value is -2.30. The van der Waals surface area contributed by atoms with Gasteiger partial charge in [-0.05, 0) is 13.8 Å². The standard InChI is InChI=1S/C13H11N3O2/c1-7(2)16-11-10(14-15-16)8-5-3-4-6-9(8)12(17)13(11)18/h3-7H,1-2H3. The molecule has 3 rings (SSSR count). The van der Waals surface area contributed by atoms with Gasteiger partial charge in [-0.25, -0.2) is 4.68 Å². The molecule has 0 saturated heterocycles. The van der Waals surface area contributed by atoms with Crippen molar-refractivity contribution >= 4 is 11.6 Å². The zero-order chi connectivity index (χ0) is 12.9. The van der Waals surface area contributed by atoms with E-state index in [-0.39, 0.29) is 6.04 Å². The molecule has 0 bridgehead atoms. The first-order valence-corrected chi connectivity index (χ1v) is 5.75. The van der Waals surface area contributed by atoms with E-state index in [1.165, 1.54) is 4.68 Å². The van der Waals surface area contributed by atoms with Crippen molar-refractivity contribution in [1.82, 2.24) is 15.0 Å². The Morgan fingerprint density at radius 2 is 1.72 bits per heavy atom. The van der Waals surface area contributed by atoms with E-state index in [1.54, 1.807) is 18.2 Å². The van der Waals surface area contributed by atoms with E-state index in [1.807, 2.05) is 19.9 Å². The van der Waals surface area contributed by atoms with Gasteiger partial charge in [-0.2, -0.15) is 0 Å². The molecule has 0 saturated carbocycles. The zero-order valence-electron chi connectivity index (χ0n) is 10.0. The predicted molar refractivity (Wildman–Crippen MR) is 64.5 cm³/mol. The summed E-state index contributed by atoms with van der Waals surface area (Å²) in [5, 5.41) is 8.02. The number of aromatic nitrogens is 3. The lowest BCUT2D eigenvalue weighted by molar-refractivity contribution is 0.0808. The van der Waals surface area contributed by atoms with Crippen molar-refractivity contribution < 1.29 is 9.59 Å². The molecule has 1 aromatic heterocycles. The average Bonchev–Trinajstić information content (AvgIpc) is 2.81. The molecule has 1 aliphatic rings. The summed E-state index contributed by atoms with van der Waals surface area (Å²) in [6, 6.07) is 6.98. The SMILES string of the molecule is CC(C)n1nnc2c1C(=O)C(=O)c1ccccc1-2. The van der Waals surface area contributed by atoms with Gasteiger partial charge in [0, 0.05) is 17.2 Å². The van der Waals surface area contributed by atoms with Gasteiger partial charge < -0.3 is 0 Å². The highest BCUT2D eigenvalue weighted by molar-refractivity contribution is 6.52. The number of hydrogen-bond acceptors (Lipinski definition) is 4. The normalized spacial score (nSPS) is 13.7. The largest absolute Gasteiger partial charge is 0.285 e. The van der Waals surface area contributed by atoms with E-state index in [4.69, 9.17) is 0 Å². The topological polar surface area (TPSA) is 64.8 Å². The Bertz CT molecular complexity index is 671. The molecule has 0 fully saturated rings. The minimum Gasteiger partial charge on any atom is -0.285 e. The molecule has 0 radical (unpaired) electrons. The predicted octanol–water partition coefficient (Wildman–Crippen LogP) is 1.91. The van der Waals surface area contributed by atoms with Crippen molar-refractivity contribution in [2.75, 3.05) is 0 Å². The Balaban J connectivity index is 2.35. The van der Waals surface area contributed by atoms with Gasteiger partial charge in [0.2, 0.25) is 5.78 Å². The van der Waals surface area contributed by atoms with Gasteiger partial charge in [0.25, 0.3) is 5.78 Å². The van der Waals surface area contributed by atoms with Crippen LogP contribution < -0.4 is 0 Å². The second-order valence-corrected chi connectivity index (χ2v) is 4.53. The number of carbonyl (C=O) groups is 2. The fourth-order valence-corrected chi connectivity index (χ4v) is 2.17. The summed E-state index contributed by atoms with van der Waals surface area (Å²) in [6.07, 6.45) is 0. The van der Waals surface area contributed by atoms with Crippen molar-refractivity contribution in [3.05, 3.63) is 35.5 Å². The van der Waals surface area contributed by atoms with Crippen LogP contribution in [-0.2, 0) is 0 Å². The van der Waals surface area contributed by atoms with Gasteiger partial charge in [-0.1, -0.05) is 29.5 Å². The maximum absolute atomic E-state index is 12.1. The molecule has 0 amide bonds. The molecule has 1 aromatic carbocycles. The number of benzene rings is 1. The van der Waals surface area contributed by atoms with Crippen LogP contribution >= 0.6 is 0 Å². The van der Waals surface area contributed by atoms with Crippen LogP contribution in [-0.4, -0.2) is 26.6 Å². The molecular formula is C13H11N3O2. The lowest BCUT2D eigenvalue weighted by Gasteiger charge is -2.15. The zero-order valence-corrected chi connectivity index (χ0v) is 10.0. The minimum atomic E-state index is -0.526. The van der Waals surface area contributed by atoms with Crippen LogP contribution in [0.4, 0.5) is 0 Å². The quantitative estimate of drug-likeness (QED) is 0.715. The minimum absolute atomic E-state index is 0.0109. The van der Waals surface area contributed by atoms with Crippen molar-refractivity contribution in [3.8, 4) is 11.3 Å². The molecule has 5 heteroatoms. The summed E-state index contributed by atoms with van der Waals surface area (Å²) in [7, 11) is 0. The number of rotatable bonds is 1. The fourth-order valence-electron chi connectivity index (χ4n) is 2.17. The van der Waals surface area contributed by atoms with Crippen LogP contribution in [0, 0.1) is 0 Å². The lowest BCUT2D eigenvalue weighted by atomic mass is 9.90. The Morgan fingerprint density at radius 1 is 1.06 bits per heavy atom. The van der Waals surface area contributed by atoms with Gasteiger partial charge in [-0.15, -0.1) is 5.10 Å². The maximum Gasteiger partial charge on any atom is 0.253 e. The van der Waals surface area contributed by atoms with E-state index in [9.17, 15) is 9.59 Å². The van der Waals surface area contributed by atoms with Crippen LogP contribution in [0.2, 0.25) is 0 Å². The smallest absolute Gasteiger partial charge is 0.253 e. The number of ketones is 2. The second-order valence-electron chi connectivity index (χ2n) is 4.53. The first-order valence-electron chi connectivity index (χ1n) is 5.75. The Labute approximate surface area is 103 Å². The molecule has 0 atom stereocenters. The van der Waals surface area contributed by atoms with Crippen molar-refractivity contribution in [3.63, 3.8) is 0 Å². The molecule has 1 aliphatic carbocycles. The van der Waals surface area contributed by atoms with E-state index >= 15 is 0 Å². The van der Waals surface area contributed by atoms with Crippen LogP contribution in [0.15, 0.2) is 24.3 Å². The number of Topliss-reactive ketones (excluding diaryl/α,β-unsaturated/α-hetero) is 2. The summed E-state index contributed by atoms with van der Waals surface area (Å²) >= 11 is 0. The molecule has 0 N–H and O–H groups in total. The van der Waals surface area contributed by atoms with Crippen LogP contribution in [0.3, 0.4) is 0 Å². The Kier molecular flexibility index (Phi) is 2.16. The number of fused-ring (bicyclic) bond motifs is 3. The molecule has 1 heterocycles. The van der Waals surface area contributed by atoms with E-state index in [2.05, 4.69) is 10.3 Å². The van der Waals surface area contributed by atoms with Gasteiger partial charge in [0.15, 0.2) is 0 Å². The van der Waals surface area contributed by atoms with Gasteiger partial charge in [0.05, 0.1) is 0 Å². The lowest BCUT2D eigenvalue weighted by Crippen LogP contribution is -2.24. The highest BCUT2D eigenvalue weighted by atomic mass is 16.2. The van der Waals surface area contributed by atoms with Crippen molar-refractivity contribution in [1.29, 1.82) is 0 Å².